The second kappa shape index (κ2) is 6.21. The Balaban J connectivity index is 2.05. The minimum absolute atomic E-state index is 0.392. The molecule has 1 N–H and O–H groups in total. The zero-order valence-electron chi connectivity index (χ0n) is 15.2. The van der Waals surface area contributed by atoms with Gasteiger partial charge in [0.2, 0.25) is 0 Å². The average molecular weight is 363 g/mol. The Morgan fingerprint density at radius 1 is 1.28 bits per heavy atom. The molecule has 136 valence electrons. The molecule has 0 aromatic heterocycles. The lowest BCUT2D eigenvalue weighted by molar-refractivity contribution is 0.127. The third-order valence-corrected chi connectivity index (χ3v) is 6.56. The summed E-state index contributed by atoms with van der Waals surface area (Å²) in [5.41, 5.74) is 2.52. The highest BCUT2D eigenvalue weighted by molar-refractivity contribution is 7.91. The lowest BCUT2D eigenvalue weighted by Crippen LogP contribution is -2.57. The molecule has 2 aliphatic rings. The van der Waals surface area contributed by atoms with Gasteiger partial charge in [0.1, 0.15) is 21.8 Å². The fraction of sp³-hybridized carbons (Fsp3) is 0.556. The standard InChI is InChI=1S/C18H25N3O3S/c1-17(2,3)25(24)19-15-13-7-5-6-8-14(13)20(4)18(15)9-11-21(12-10-18)16(22)23/h5-8H,9-12H2,1-4H3,(H,22,23). The molecule has 1 aromatic rings. The Morgan fingerprint density at radius 2 is 1.88 bits per heavy atom. The highest BCUT2D eigenvalue weighted by atomic mass is 32.2. The quantitative estimate of drug-likeness (QED) is 0.778. The van der Waals surface area contributed by atoms with E-state index in [1.165, 1.54) is 4.90 Å². The molecule has 1 unspecified atom stereocenters. The Labute approximate surface area is 151 Å². The molecule has 1 atom stereocenters. The van der Waals surface area contributed by atoms with Crippen LogP contribution in [0.5, 0.6) is 0 Å². The summed E-state index contributed by atoms with van der Waals surface area (Å²) in [6.45, 7) is 6.65. The molecule has 1 saturated heterocycles. The van der Waals surface area contributed by atoms with Gasteiger partial charge in [-0.25, -0.2) is 4.79 Å². The van der Waals surface area contributed by atoms with E-state index in [1.54, 1.807) is 0 Å². The SMILES string of the molecule is CN1c2ccccc2C(=N[S+]([O-])C(C)(C)C)C12CCN(C(=O)O)CC2. The predicted molar refractivity (Wildman–Crippen MR) is 101 cm³/mol. The van der Waals surface area contributed by atoms with Gasteiger partial charge in [-0.15, -0.1) is 0 Å². The average Bonchev–Trinajstić information content (AvgIpc) is 2.78. The van der Waals surface area contributed by atoms with Crippen LogP contribution in [0.15, 0.2) is 28.7 Å². The second-order valence-corrected chi connectivity index (χ2v) is 9.58. The van der Waals surface area contributed by atoms with Gasteiger partial charge in [0, 0.05) is 31.4 Å². The number of piperidine rings is 1. The van der Waals surface area contributed by atoms with Crippen LogP contribution >= 0.6 is 0 Å². The third-order valence-electron chi connectivity index (χ3n) is 5.16. The number of benzene rings is 1. The van der Waals surface area contributed by atoms with Crippen molar-refractivity contribution >= 4 is 28.9 Å². The minimum atomic E-state index is -1.36. The zero-order valence-corrected chi connectivity index (χ0v) is 16.0. The largest absolute Gasteiger partial charge is 0.591 e. The van der Waals surface area contributed by atoms with Crippen LogP contribution in [0.3, 0.4) is 0 Å². The summed E-state index contributed by atoms with van der Waals surface area (Å²) in [6.07, 6.45) is 0.403. The molecule has 0 radical (unpaired) electrons. The number of hydrogen-bond acceptors (Lipinski definition) is 4. The summed E-state index contributed by atoms with van der Waals surface area (Å²) < 4.78 is 17.0. The highest BCUT2D eigenvalue weighted by Gasteiger charge is 2.51. The molecule has 25 heavy (non-hydrogen) atoms. The van der Waals surface area contributed by atoms with Gasteiger partial charge in [0.25, 0.3) is 0 Å². The zero-order chi connectivity index (χ0) is 18.4. The number of likely N-dealkylation sites (tertiary alicyclic amines) is 1. The van der Waals surface area contributed by atoms with Crippen molar-refractivity contribution in [2.75, 3.05) is 25.0 Å². The summed E-state index contributed by atoms with van der Waals surface area (Å²) in [6, 6.07) is 8.01. The number of anilines is 1. The van der Waals surface area contributed by atoms with Gasteiger partial charge in [0.15, 0.2) is 0 Å². The molecule has 7 heteroatoms. The summed E-state index contributed by atoms with van der Waals surface area (Å²) >= 11 is -1.36. The first-order chi connectivity index (χ1) is 11.7. The number of carboxylic acid groups (broad SMARTS) is 1. The lowest BCUT2D eigenvalue weighted by Gasteiger charge is -2.43. The van der Waals surface area contributed by atoms with E-state index in [1.807, 2.05) is 52.1 Å². The number of para-hydroxylation sites is 1. The van der Waals surface area contributed by atoms with Crippen LogP contribution in [0.2, 0.25) is 0 Å². The number of rotatable bonds is 1. The number of nitrogens with zero attached hydrogens (tertiary/aromatic N) is 3. The number of likely N-dealkylation sites (N-methyl/N-ethyl adjacent to an activating group) is 1. The van der Waals surface area contributed by atoms with E-state index in [9.17, 15) is 14.5 Å². The summed E-state index contributed by atoms with van der Waals surface area (Å²) in [5.74, 6) is 0. The van der Waals surface area contributed by atoms with Crippen LogP contribution in [0.25, 0.3) is 0 Å². The van der Waals surface area contributed by atoms with Gasteiger partial charge in [-0.1, -0.05) is 22.6 Å². The summed E-state index contributed by atoms with van der Waals surface area (Å²) in [7, 11) is 2.03. The van der Waals surface area contributed by atoms with Crippen LogP contribution in [-0.2, 0) is 11.4 Å². The molecule has 1 fully saturated rings. The van der Waals surface area contributed by atoms with E-state index in [4.69, 9.17) is 0 Å². The molecule has 1 aromatic carbocycles. The van der Waals surface area contributed by atoms with Crippen LogP contribution < -0.4 is 4.90 Å². The molecule has 0 saturated carbocycles. The molecule has 1 amide bonds. The van der Waals surface area contributed by atoms with E-state index in [0.717, 1.165) is 17.0 Å². The molecule has 1 spiro atoms. The van der Waals surface area contributed by atoms with Crippen molar-refractivity contribution in [2.24, 2.45) is 4.40 Å². The maximum absolute atomic E-state index is 12.7. The van der Waals surface area contributed by atoms with Gasteiger partial charge < -0.3 is 19.5 Å². The summed E-state index contributed by atoms with van der Waals surface area (Å²) in [4.78, 5) is 14.9. The molecule has 2 aliphatic heterocycles. The van der Waals surface area contributed by atoms with E-state index in [2.05, 4.69) is 9.30 Å². The van der Waals surface area contributed by atoms with E-state index < -0.39 is 27.7 Å². The first kappa shape index (κ1) is 18.1. The predicted octanol–water partition coefficient (Wildman–Crippen LogP) is 2.90. The van der Waals surface area contributed by atoms with Crippen LogP contribution in [0, 0.1) is 0 Å². The first-order valence-electron chi connectivity index (χ1n) is 8.49. The minimum Gasteiger partial charge on any atom is -0.591 e. The fourth-order valence-corrected chi connectivity index (χ4v) is 4.31. The maximum Gasteiger partial charge on any atom is 0.407 e. The molecule has 0 bridgehead atoms. The van der Waals surface area contributed by atoms with Gasteiger partial charge in [0.05, 0.1) is 5.54 Å². The van der Waals surface area contributed by atoms with Crippen molar-refractivity contribution < 1.29 is 14.5 Å². The van der Waals surface area contributed by atoms with Crippen molar-refractivity contribution in [3.63, 3.8) is 0 Å². The third kappa shape index (κ3) is 3.00. The monoisotopic (exact) mass is 363 g/mol. The van der Waals surface area contributed by atoms with Crippen molar-refractivity contribution in [3.8, 4) is 0 Å². The molecule has 2 heterocycles. The van der Waals surface area contributed by atoms with Crippen molar-refractivity contribution in [1.29, 1.82) is 0 Å². The number of carbonyl (C=O) groups is 1. The fourth-order valence-electron chi connectivity index (χ4n) is 3.60. The van der Waals surface area contributed by atoms with Gasteiger partial charge in [-0.05, 0) is 39.7 Å². The molecule has 3 rings (SSSR count). The van der Waals surface area contributed by atoms with E-state index in [0.29, 0.717) is 25.9 Å². The van der Waals surface area contributed by atoms with Gasteiger partial charge in [-0.2, -0.15) is 0 Å². The van der Waals surface area contributed by atoms with Crippen LogP contribution in [0.1, 0.15) is 39.2 Å². The first-order valence-corrected chi connectivity index (χ1v) is 9.60. The summed E-state index contributed by atoms with van der Waals surface area (Å²) in [5, 5.41) is 9.26. The molecule has 6 nitrogen and oxygen atoms in total. The Kier molecular flexibility index (Phi) is 4.49. The lowest BCUT2D eigenvalue weighted by atomic mass is 9.82. The van der Waals surface area contributed by atoms with Gasteiger partial charge in [-0.3, -0.25) is 0 Å². The maximum atomic E-state index is 12.7. The Bertz CT molecular complexity index is 706. The number of amides is 1. The van der Waals surface area contributed by atoms with Crippen molar-refractivity contribution in [2.45, 2.75) is 43.9 Å². The van der Waals surface area contributed by atoms with Crippen LogP contribution in [-0.4, -0.2) is 56.8 Å². The van der Waals surface area contributed by atoms with Gasteiger partial charge >= 0.3 is 6.09 Å². The van der Waals surface area contributed by atoms with Crippen molar-refractivity contribution in [3.05, 3.63) is 29.8 Å². The van der Waals surface area contributed by atoms with Crippen molar-refractivity contribution in [1.82, 2.24) is 4.90 Å². The second-order valence-electron chi connectivity index (χ2n) is 7.68. The van der Waals surface area contributed by atoms with E-state index >= 15 is 0 Å². The molecular weight excluding hydrogens is 338 g/mol. The molecular formula is C18H25N3O3S. The number of hydrogen-bond donors (Lipinski definition) is 1. The normalized spacial score (nSPS) is 22.4. The Morgan fingerprint density at radius 3 is 2.44 bits per heavy atom. The molecule has 0 aliphatic carbocycles. The van der Waals surface area contributed by atoms with E-state index in [-0.39, 0.29) is 0 Å². The Hall–Kier alpha value is -1.73. The smallest absolute Gasteiger partial charge is 0.407 e. The number of fused-ring (bicyclic) bond motifs is 1. The highest BCUT2D eigenvalue weighted by Crippen LogP contribution is 2.44. The van der Waals surface area contributed by atoms with Crippen LogP contribution in [0.4, 0.5) is 10.5 Å². The topological polar surface area (TPSA) is 79.2 Å².